The second kappa shape index (κ2) is 7.86. The van der Waals surface area contributed by atoms with Crippen molar-refractivity contribution in [3.63, 3.8) is 0 Å². The zero-order valence-electron chi connectivity index (χ0n) is 20.1. The second-order valence-electron chi connectivity index (χ2n) is 9.90. The van der Waals surface area contributed by atoms with E-state index in [2.05, 4.69) is 73.9 Å². The van der Waals surface area contributed by atoms with Crippen LogP contribution in [0.4, 0.5) is 0 Å². The summed E-state index contributed by atoms with van der Waals surface area (Å²) in [5.74, 6) is -1.03. The number of hydrogen-bond acceptors (Lipinski definition) is 4. The molecule has 0 amide bonds. The highest BCUT2D eigenvalue weighted by Crippen LogP contribution is 2.36. The molecule has 0 unspecified atom stereocenters. The number of hydrogen-bond donors (Lipinski definition) is 1. The quantitative estimate of drug-likeness (QED) is 0.455. The van der Waals surface area contributed by atoms with Crippen LogP contribution in [0.2, 0.25) is 0 Å². The molecular weight excluding hydrogens is 429 g/mol. The molecule has 0 bridgehead atoms. The average Bonchev–Trinajstić information content (AvgIpc) is 3.42. The Kier molecular flexibility index (Phi) is 5.18. The predicted octanol–water partition coefficient (Wildman–Crippen LogP) is 4.18. The fraction of sp³-hybridized carbons (Fsp3) is 0.308. The topological polar surface area (TPSA) is 78.5 Å². The van der Waals surface area contributed by atoms with E-state index in [1.807, 2.05) is 25.1 Å². The van der Waals surface area contributed by atoms with Crippen LogP contribution in [-0.4, -0.2) is 43.7 Å². The number of nitrogens with zero attached hydrogens (tertiary/aromatic N) is 3. The normalized spacial score (nSPS) is 16.9. The van der Waals surface area contributed by atoms with Crippen molar-refractivity contribution in [1.29, 1.82) is 0 Å². The molecule has 0 saturated carbocycles. The van der Waals surface area contributed by atoms with Crippen LogP contribution in [0.25, 0.3) is 16.6 Å². The molecule has 0 radical (unpaired) electrons. The third kappa shape index (κ3) is 3.83. The minimum atomic E-state index is -1.03. The van der Waals surface area contributed by atoms with Crippen LogP contribution in [0.5, 0.6) is 0 Å². The van der Waals surface area contributed by atoms with E-state index in [1.165, 1.54) is 5.56 Å². The minimum absolute atomic E-state index is 0.0409. The highest BCUT2D eigenvalue weighted by atomic mass is 16.7. The summed E-state index contributed by atoms with van der Waals surface area (Å²) >= 11 is 0. The van der Waals surface area contributed by atoms with E-state index < -0.39 is 5.97 Å². The van der Waals surface area contributed by atoms with Gasteiger partial charge in [-0.15, -0.1) is 0 Å². The first-order chi connectivity index (χ1) is 16.0. The van der Waals surface area contributed by atoms with Crippen molar-refractivity contribution in [1.82, 2.24) is 14.3 Å². The predicted molar refractivity (Wildman–Crippen MR) is 132 cm³/mol. The molecule has 0 aliphatic carbocycles. The lowest BCUT2D eigenvalue weighted by Gasteiger charge is -2.32. The minimum Gasteiger partial charge on any atom is -0.476 e. The van der Waals surface area contributed by atoms with Crippen molar-refractivity contribution in [2.45, 2.75) is 52.4 Å². The van der Waals surface area contributed by atoms with Crippen molar-refractivity contribution in [2.75, 3.05) is 0 Å². The van der Waals surface area contributed by atoms with Gasteiger partial charge in [0.25, 0.3) is 0 Å². The van der Waals surface area contributed by atoms with Gasteiger partial charge < -0.3 is 19.0 Å². The second-order valence-corrected chi connectivity index (χ2v) is 9.90. The number of aromatic nitrogens is 3. The van der Waals surface area contributed by atoms with Crippen LogP contribution in [-0.2, 0) is 15.9 Å². The number of carbonyl (C=O) groups is 1. The highest BCUT2D eigenvalue weighted by Gasteiger charge is 2.51. The molecule has 5 rings (SSSR count). The molecule has 1 saturated heterocycles. The van der Waals surface area contributed by atoms with Crippen molar-refractivity contribution in [2.24, 2.45) is 0 Å². The maximum Gasteiger partial charge on any atom is 0.494 e. The Morgan fingerprint density at radius 3 is 2.29 bits per heavy atom. The fourth-order valence-corrected chi connectivity index (χ4v) is 4.25. The Bertz CT molecular complexity index is 1370. The van der Waals surface area contributed by atoms with Crippen LogP contribution in [0, 0.1) is 6.92 Å². The number of carboxylic acid groups (broad SMARTS) is 1. The van der Waals surface area contributed by atoms with Gasteiger partial charge in [0.05, 0.1) is 16.9 Å². The summed E-state index contributed by atoms with van der Waals surface area (Å²) in [6, 6.07) is 18.0. The van der Waals surface area contributed by atoms with E-state index in [4.69, 9.17) is 9.31 Å². The summed E-state index contributed by atoms with van der Waals surface area (Å²) in [4.78, 5) is 11.2. The summed E-state index contributed by atoms with van der Waals surface area (Å²) in [5, 5.41) is 14.5. The van der Waals surface area contributed by atoms with Gasteiger partial charge in [-0.1, -0.05) is 24.3 Å². The number of carboxylic acids is 1. The Hall–Kier alpha value is -3.36. The van der Waals surface area contributed by atoms with Crippen LogP contribution in [0.3, 0.4) is 0 Å². The lowest BCUT2D eigenvalue weighted by Crippen LogP contribution is -2.41. The number of rotatable bonds is 5. The van der Waals surface area contributed by atoms with E-state index >= 15 is 0 Å². The van der Waals surface area contributed by atoms with Crippen LogP contribution >= 0.6 is 0 Å². The zero-order chi connectivity index (χ0) is 24.3. The first-order valence-corrected chi connectivity index (χ1v) is 11.4. The zero-order valence-corrected chi connectivity index (χ0v) is 20.1. The van der Waals surface area contributed by atoms with Gasteiger partial charge in [-0.05, 0) is 76.0 Å². The summed E-state index contributed by atoms with van der Waals surface area (Å²) in [5.41, 5.74) is 4.23. The van der Waals surface area contributed by atoms with Crippen LogP contribution in [0.1, 0.15) is 49.4 Å². The van der Waals surface area contributed by atoms with Gasteiger partial charge >= 0.3 is 13.1 Å². The molecule has 1 aliphatic heterocycles. The van der Waals surface area contributed by atoms with Gasteiger partial charge in [-0.3, -0.25) is 0 Å². The molecule has 3 heterocycles. The lowest BCUT2D eigenvalue weighted by atomic mass is 9.79. The lowest BCUT2D eigenvalue weighted by molar-refractivity contribution is 0.00578. The monoisotopic (exact) mass is 457 g/mol. The van der Waals surface area contributed by atoms with Gasteiger partial charge in [-0.25, -0.2) is 9.48 Å². The smallest absolute Gasteiger partial charge is 0.476 e. The largest absolute Gasteiger partial charge is 0.494 e. The van der Waals surface area contributed by atoms with Crippen LogP contribution in [0.15, 0.2) is 60.8 Å². The van der Waals surface area contributed by atoms with E-state index in [9.17, 15) is 9.90 Å². The summed E-state index contributed by atoms with van der Waals surface area (Å²) in [6.07, 6.45) is 2.06. The molecule has 174 valence electrons. The maximum absolute atomic E-state index is 11.2. The van der Waals surface area contributed by atoms with Gasteiger partial charge in [-0.2, -0.15) is 5.10 Å². The molecular formula is C26H28BN3O4. The molecule has 7 nitrogen and oxygen atoms in total. The number of aryl methyl sites for hydroxylation is 1. The molecule has 1 fully saturated rings. The van der Waals surface area contributed by atoms with Crippen molar-refractivity contribution >= 4 is 29.5 Å². The Labute approximate surface area is 199 Å². The Morgan fingerprint density at radius 2 is 1.68 bits per heavy atom. The van der Waals surface area contributed by atoms with E-state index in [1.54, 1.807) is 10.7 Å². The highest BCUT2D eigenvalue weighted by molar-refractivity contribution is 6.62. The van der Waals surface area contributed by atoms with Crippen LogP contribution < -0.4 is 5.46 Å². The van der Waals surface area contributed by atoms with Crippen molar-refractivity contribution < 1.29 is 19.2 Å². The van der Waals surface area contributed by atoms with Gasteiger partial charge in [0, 0.05) is 29.3 Å². The van der Waals surface area contributed by atoms with Gasteiger partial charge in [0.15, 0.2) is 5.69 Å². The third-order valence-corrected chi connectivity index (χ3v) is 6.96. The summed E-state index contributed by atoms with van der Waals surface area (Å²) in [6.45, 7) is 10.8. The number of fused-ring (bicyclic) bond motifs is 1. The first-order valence-electron chi connectivity index (χ1n) is 11.4. The van der Waals surface area contributed by atoms with E-state index in [0.717, 1.165) is 34.3 Å². The van der Waals surface area contributed by atoms with Crippen molar-refractivity contribution in [3.05, 3.63) is 77.7 Å². The molecule has 2 aromatic heterocycles. The maximum atomic E-state index is 11.2. The summed E-state index contributed by atoms with van der Waals surface area (Å²) in [7, 11) is -0.364. The fourth-order valence-electron chi connectivity index (χ4n) is 4.25. The third-order valence-electron chi connectivity index (χ3n) is 6.96. The molecule has 0 atom stereocenters. The molecule has 8 heteroatoms. The SMILES string of the molecule is Cc1cc(C(=O)O)nn1-c1ccc2c(ccn2Cc2ccc(B3OC(C)(C)C(C)(C)O3)cc2)c1. The Balaban J connectivity index is 1.35. The first kappa shape index (κ1) is 22.4. The number of aromatic carboxylic acids is 1. The van der Waals surface area contributed by atoms with E-state index in [0.29, 0.717) is 0 Å². The molecule has 4 aromatic rings. The average molecular weight is 457 g/mol. The molecule has 0 spiro atoms. The molecule has 1 aliphatic rings. The van der Waals surface area contributed by atoms with Gasteiger partial charge in [0.1, 0.15) is 0 Å². The standard InChI is InChI=1S/C26H28BN3O4/c1-17-14-22(24(31)32)28-30(17)21-10-11-23-19(15-21)12-13-29(23)16-18-6-8-20(9-7-18)27-33-25(2,3)26(4,5)34-27/h6-15H,16H2,1-5H3,(H,31,32). The van der Waals surface area contributed by atoms with Crippen molar-refractivity contribution in [3.8, 4) is 5.69 Å². The summed E-state index contributed by atoms with van der Waals surface area (Å²) < 4.78 is 16.2. The van der Waals surface area contributed by atoms with Gasteiger partial charge in [0.2, 0.25) is 0 Å². The van der Waals surface area contributed by atoms with E-state index in [-0.39, 0.29) is 24.0 Å². The molecule has 2 aromatic carbocycles. The molecule has 1 N–H and O–H groups in total. The Morgan fingerprint density at radius 1 is 1.00 bits per heavy atom. The molecule has 34 heavy (non-hydrogen) atoms. The number of benzene rings is 2.